The van der Waals surface area contributed by atoms with Crippen LogP contribution in [0.1, 0.15) is 35.9 Å². The number of carbonyl (C=O) groups excluding carboxylic acids is 1. The Morgan fingerprint density at radius 2 is 1.72 bits per heavy atom. The smallest absolute Gasteiger partial charge is 0.267 e. The van der Waals surface area contributed by atoms with Gasteiger partial charge in [0.2, 0.25) is 0 Å². The number of amides is 1. The Hall–Kier alpha value is -3.28. The van der Waals surface area contributed by atoms with E-state index in [-0.39, 0.29) is 17.3 Å². The van der Waals surface area contributed by atoms with Gasteiger partial charge >= 0.3 is 0 Å². The van der Waals surface area contributed by atoms with Crippen molar-refractivity contribution in [3.63, 3.8) is 0 Å². The van der Waals surface area contributed by atoms with Gasteiger partial charge in [-0.15, -0.1) is 0 Å². The standard InChI is InChI=1S/C19H18N4O2/c1-13(2)23-19(25)16-11-7-6-10-15(16)17(22-23)18(24)21-20-12-14-8-4-3-5-9-14/h3-13H,1-2H3,(H,21,24)/b20-12-. The molecule has 1 N–H and O–H groups in total. The first-order valence-corrected chi connectivity index (χ1v) is 7.98. The maximum absolute atomic E-state index is 12.5. The molecule has 0 bridgehead atoms. The van der Waals surface area contributed by atoms with Gasteiger partial charge in [-0.05, 0) is 25.5 Å². The van der Waals surface area contributed by atoms with Crippen LogP contribution in [0.15, 0.2) is 64.5 Å². The van der Waals surface area contributed by atoms with Gasteiger partial charge in [0.15, 0.2) is 5.69 Å². The molecule has 0 saturated heterocycles. The molecule has 6 heteroatoms. The van der Waals surface area contributed by atoms with Crippen LogP contribution in [-0.2, 0) is 0 Å². The lowest BCUT2D eigenvalue weighted by atomic mass is 10.1. The van der Waals surface area contributed by atoms with Gasteiger partial charge in [0.25, 0.3) is 11.5 Å². The van der Waals surface area contributed by atoms with Crippen LogP contribution in [0.3, 0.4) is 0 Å². The third-order valence-corrected chi connectivity index (χ3v) is 3.71. The van der Waals surface area contributed by atoms with Gasteiger partial charge in [-0.2, -0.15) is 10.2 Å². The van der Waals surface area contributed by atoms with E-state index in [9.17, 15) is 9.59 Å². The van der Waals surface area contributed by atoms with Gasteiger partial charge in [0, 0.05) is 5.39 Å². The maximum Gasteiger partial charge on any atom is 0.292 e. The molecule has 0 unspecified atom stereocenters. The molecule has 0 atom stereocenters. The molecular formula is C19H18N4O2. The van der Waals surface area contributed by atoms with Gasteiger partial charge in [0.1, 0.15) is 0 Å². The summed E-state index contributed by atoms with van der Waals surface area (Å²) in [6.07, 6.45) is 1.55. The summed E-state index contributed by atoms with van der Waals surface area (Å²) in [5.74, 6) is -0.460. The van der Waals surface area contributed by atoms with Crippen molar-refractivity contribution in [2.45, 2.75) is 19.9 Å². The third kappa shape index (κ3) is 3.47. The number of carbonyl (C=O) groups is 1. The van der Waals surface area contributed by atoms with Gasteiger partial charge in [-0.1, -0.05) is 48.5 Å². The first kappa shape index (κ1) is 16.6. The Morgan fingerprint density at radius 1 is 1.08 bits per heavy atom. The Morgan fingerprint density at radius 3 is 2.40 bits per heavy atom. The zero-order valence-electron chi connectivity index (χ0n) is 14.0. The largest absolute Gasteiger partial charge is 0.292 e. The number of fused-ring (bicyclic) bond motifs is 1. The van der Waals surface area contributed by atoms with E-state index in [1.807, 2.05) is 44.2 Å². The summed E-state index contributed by atoms with van der Waals surface area (Å²) < 4.78 is 1.32. The summed E-state index contributed by atoms with van der Waals surface area (Å²) in [6.45, 7) is 3.69. The molecule has 3 rings (SSSR count). The minimum atomic E-state index is -0.460. The molecule has 0 spiro atoms. The maximum atomic E-state index is 12.5. The molecule has 1 aromatic heterocycles. The van der Waals surface area contributed by atoms with Gasteiger partial charge < -0.3 is 0 Å². The highest BCUT2D eigenvalue weighted by molar-refractivity contribution is 6.04. The molecule has 3 aromatic rings. The van der Waals surface area contributed by atoms with Crippen molar-refractivity contribution in [1.82, 2.24) is 15.2 Å². The van der Waals surface area contributed by atoms with Crippen molar-refractivity contribution in [3.8, 4) is 0 Å². The van der Waals surface area contributed by atoms with Crippen molar-refractivity contribution in [3.05, 3.63) is 76.2 Å². The topological polar surface area (TPSA) is 76.3 Å². The first-order chi connectivity index (χ1) is 12.1. The second-order valence-electron chi connectivity index (χ2n) is 5.85. The zero-order chi connectivity index (χ0) is 17.8. The number of nitrogens with one attached hydrogen (secondary N) is 1. The summed E-state index contributed by atoms with van der Waals surface area (Å²) >= 11 is 0. The van der Waals surface area contributed by atoms with Gasteiger partial charge in [-0.25, -0.2) is 10.1 Å². The molecule has 25 heavy (non-hydrogen) atoms. The molecule has 0 saturated carbocycles. The summed E-state index contributed by atoms with van der Waals surface area (Å²) in [5, 5.41) is 9.19. The molecule has 0 aliphatic heterocycles. The number of hydrogen-bond acceptors (Lipinski definition) is 4. The van der Waals surface area contributed by atoms with E-state index in [4.69, 9.17) is 0 Å². The van der Waals surface area contributed by atoms with Crippen molar-refractivity contribution in [1.29, 1.82) is 0 Å². The van der Waals surface area contributed by atoms with Crippen LogP contribution in [-0.4, -0.2) is 21.9 Å². The van der Waals surface area contributed by atoms with Crippen molar-refractivity contribution in [2.24, 2.45) is 5.10 Å². The van der Waals surface area contributed by atoms with Gasteiger partial charge in [-0.3, -0.25) is 9.59 Å². The normalized spacial score (nSPS) is 11.3. The molecule has 0 radical (unpaired) electrons. The second-order valence-corrected chi connectivity index (χ2v) is 5.85. The zero-order valence-corrected chi connectivity index (χ0v) is 14.0. The monoisotopic (exact) mass is 334 g/mol. The van der Waals surface area contributed by atoms with Crippen LogP contribution in [0.4, 0.5) is 0 Å². The SMILES string of the molecule is CC(C)n1nc(C(=O)N/N=C\c2ccccc2)c2ccccc2c1=O. The number of hydrogen-bond donors (Lipinski definition) is 1. The predicted octanol–water partition coefficient (Wildman–Crippen LogP) is 2.74. The molecule has 0 fully saturated rings. The Balaban J connectivity index is 1.97. The molecule has 1 amide bonds. The fourth-order valence-corrected chi connectivity index (χ4v) is 2.48. The number of hydrazone groups is 1. The molecule has 126 valence electrons. The number of aromatic nitrogens is 2. The Labute approximate surface area is 144 Å². The average Bonchev–Trinajstić information content (AvgIpc) is 2.62. The highest BCUT2D eigenvalue weighted by Gasteiger charge is 2.17. The van der Waals surface area contributed by atoms with E-state index >= 15 is 0 Å². The number of nitrogens with zero attached hydrogens (tertiary/aromatic N) is 3. The van der Waals surface area contributed by atoms with Crippen LogP contribution < -0.4 is 11.0 Å². The van der Waals surface area contributed by atoms with Crippen LogP contribution in [0.5, 0.6) is 0 Å². The highest BCUT2D eigenvalue weighted by Crippen LogP contribution is 2.14. The van der Waals surface area contributed by atoms with Crippen molar-refractivity contribution in [2.75, 3.05) is 0 Å². The predicted molar refractivity (Wildman–Crippen MR) is 97.9 cm³/mol. The van der Waals surface area contributed by atoms with Crippen LogP contribution in [0, 0.1) is 0 Å². The molecule has 0 aliphatic rings. The first-order valence-electron chi connectivity index (χ1n) is 7.98. The van der Waals surface area contributed by atoms with Crippen LogP contribution in [0.2, 0.25) is 0 Å². The minimum absolute atomic E-state index is 0.156. The lowest BCUT2D eigenvalue weighted by Crippen LogP contribution is -2.30. The van der Waals surface area contributed by atoms with Crippen LogP contribution in [0.25, 0.3) is 10.8 Å². The lowest BCUT2D eigenvalue weighted by Gasteiger charge is -2.12. The van der Waals surface area contributed by atoms with E-state index < -0.39 is 5.91 Å². The van der Waals surface area contributed by atoms with E-state index in [0.717, 1.165) is 5.56 Å². The Kier molecular flexibility index (Phi) is 4.70. The molecule has 2 aromatic carbocycles. The fraction of sp³-hybridized carbons (Fsp3) is 0.158. The second kappa shape index (κ2) is 7.09. The van der Waals surface area contributed by atoms with Gasteiger partial charge in [0.05, 0.1) is 17.6 Å². The summed E-state index contributed by atoms with van der Waals surface area (Å²) in [7, 11) is 0. The van der Waals surface area contributed by atoms with Crippen molar-refractivity contribution < 1.29 is 4.79 Å². The van der Waals surface area contributed by atoms with E-state index in [0.29, 0.717) is 10.8 Å². The van der Waals surface area contributed by atoms with E-state index in [2.05, 4.69) is 15.6 Å². The molecule has 6 nitrogen and oxygen atoms in total. The van der Waals surface area contributed by atoms with E-state index in [1.165, 1.54) is 4.68 Å². The highest BCUT2D eigenvalue weighted by atomic mass is 16.2. The average molecular weight is 334 g/mol. The molecule has 1 heterocycles. The van der Waals surface area contributed by atoms with Crippen LogP contribution >= 0.6 is 0 Å². The van der Waals surface area contributed by atoms with E-state index in [1.54, 1.807) is 30.5 Å². The summed E-state index contributed by atoms with van der Waals surface area (Å²) in [4.78, 5) is 25.0. The number of rotatable bonds is 4. The summed E-state index contributed by atoms with van der Waals surface area (Å²) in [5.41, 5.74) is 3.31. The quantitative estimate of drug-likeness (QED) is 0.589. The third-order valence-electron chi connectivity index (χ3n) is 3.71. The van der Waals surface area contributed by atoms with Crippen molar-refractivity contribution >= 4 is 22.9 Å². The molecular weight excluding hydrogens is 316 g/mol. The lowest BCUT2D eigenvalue weighted by molar-refractivity contribution is 0.0949. The minimum Gasteiger partial charge on any atom is -0.267 e. The summed E-state index contributed by atoms with van der Waals surface area (Å²) in [6, 6.07) is 16.2. The molecule has 0 aliphatic carbocycles. The Bertz CT molecular complexity index is 991. The fourth-order valence-electron chi connectivity index (χ4n) is 2.48. The number of benzene rings is 2.